The molecular formula is C41H51F3O7. The number of aliphatic hydroxyl groups excluding tert-OH is 3. The van der Waals surface area contributed by atoms with Gasteiger partial charge in [0.1, 0.15) is 30.0 Å². The summed E-state index contributed by atoms with van der Waals surface area (Å²) < 4.78 is 49.9. The zero-order valence-electron chi connectivity index (χ0n) is 29.3. The van der Waals surface area contributed by atoms with Crippen LogP contribution in [-0.4, -0.2) is 52.0 Å². The number of aryl methyl sites for hydroxylation is 1. The Morgan fingerprint density at radius 2 is 1.82 bits per heavy atom. The van der Waals surface area contributed by atoms with Crippen LogP contribution in [0.3, 0.4) is 0 Å². The topological polar surface area (TPSA) is 113 Å². The second kappa shape index (κ2) is 17.8. The number of carbonyl (C=O) groups excluding carboxylic acids is 2. The van der Waals surface area contributed by atoms with Crippen molar-refractivity contribution in [3.8, 4) is 11.5 Å². The van der Waals surface area contributed by atoms with E-state index in [1.54, 1.807) is 6.08 Å². The molecule has 2 unspecified atom stereocenters. The summed E-state index contributed by atoms with van der Waals surface area (Å²) in [5.74, 6) is 1.47. The number of alkyl halides is 3. The summed E-state index contributed by atoms with van der Waals surface area (Å²) in [5, 5.41) is 31.4. The van der Waals surface area contributed by atoms with Gasteiger partial charge in [0.25, 0.3) is 0 Å². The highest BCUT2D eigenvalue weighted by molar-refractivity contribution is 5.78. The molecule has 0 amide bonds. The number of ketones is 1. The molecule has 278 valence electrons. The monoisotopic (exact) mass is 712 g/mol. The van der Waals surface area contributed by atoms with Crippen molar-refractivity contribution in [2.24, 2.45) is 23.7 Å². The van der Waals surface area contributed by atoms with E-state index in [-0.39, 0.29) is 37.1 Å². The molecule has 3 N–H and O–H groups in total. The SMILES string of the molecule is C[C@H]1CCC(=O)CCCC2c3ccc(OC(=O)CCC/C=C\C[C@@H]4[C@@H](/C=C/[C@@H](O)COc5cccc(C(F)(F)F)c5)[C@H](O)C[C@@H]4O)cc3CCC21. The Kier molecular flexibility index (Phi) is 13.6. The molecule has 3 aliphatic rings. The van der Waals surface area contributed by atoms with E-state index >= 15 is 0 Å². The zero-order valence-corrected chi connectivity index (χ0v) is 29.3. The Morgan fingerprint density at radius 1 is 1.00 bits per heavy atom. The molecule has 2 fully saturated rings. The number of fused-ring (bicyclic) bond motifs is 3. The van der Waals surface area contributed by atoms with Crippen LogP contribution in [0.15, 0.2) is 66.8 Å². The lowest BCUT2D eigenvalue weighted by Gasteiger charge is -2.37. The standard InChI is InChI=1S/C41H51F3O7/c1-26-14-16-29(45)9-7-12-35-33(26)19-15-27-22-32(18-21-34(27)35)51-40(49)13-5-3-2-4-11-36-37(39(48)24-38(36)47)20-17-30(46)25-50-31-10-6-8-28(23-31)41(42,43)44/h2,4,6,8,10,17-18,20-23,26,30,33,35-39,46-48H,3,5,7,9,11-16,19,24-25H2,1H3/b4-2-,20-17+/t26-,30+,33?,35?,36+,37+,38-,39+/m0/s1. The number of esters is 1. The van der Waals surface area contributed by atoms with Crippen LogP contribution >= 0.6 is 0 Å². The highest BCUT2D eigenvalue weighted by Gasteiger charge is 2.39. The molecule has 0 aromatic heterocycles. The number of halogens is 3. The molecule has 0 aliphatic heterocycles. The molecule has 0 spiro atoms. The number of hydrogen-bond acceptors (Lipinski definition) is 7. The van der Waals surface area contributed by atoms with Crippen LogP contribution in [0.2, 0.25) is 0 Å². The average molecular weight is 713 g/mol. The van der Waals surface area contributed by atoms with E-state index in [4.69, 9.17) is 9.47 Å². The van der Waals surface area contributed by atoms with Crippen LogP contribution in [0.25, 0.3) is 0 Å². The van der Waals surface area contributed by atoms with Gasteiger partial charge >= 0.3 is 12.1 Å². The van der Waals surface area contributed by atoms with Gasteiger partial charge in [-0.3, -0.25) is 9.59 Å². The fourth-order valence-corrected chi connectivity index (χ4v) is 8.16. The predicted octanol–water partition coefficient (Wildman–Crippen LogP) is 7.90. The van der Waals surface area contributed by atoms with E-state index in [2.05, 4.69) is 13.0 Å². The molecule has 0 radical (unpaired) electrons. The van der Waals surface area contributed by atoms with Gasteiger partial charge in [-0.2, -0.15) is 13.2 Å². The second-order valence-electron chi connectivity index (χ2n) is 14.6. The fraction of sp³-hybridized carbons (Fsp3) is 0.561. The normalized spacial score (nSPS) is 27.7. The van der Waals surface area contributed by atoms with Crippen molar-refractivity contribution < 1.29 is 47.6 Å². The number of aliphatic hydroxyl groups is 3. The highest BCUT2D eigenvalue weighted by atomic mass is 19.4. The number of carbonyl (C=O) groups is 2. The molecular weight excluding hydrogens is 661 g/mol. The third-order valence-electron chi connectivity index (χ3n) is 11.0. The summed E-state index contributed by atoms with van der Waals surface area (Å²) >= 11 is 0. The van der Waals surface area contributed by atoms with Gasteiger partial charge in [0.2, 0.25) is 0 Å². The Bertz CT molecular complexity index is 1540. The molecule has 0 heterocycles. The molecule has 7 nitrogen and oxygen atoms in total. The Balaban J connectivity index is 1.04. The maximum atomic E-state index is 12.9. The molecule has 8 atom stereocenters. The average Bonchev–Trinajstić information content (AvgIpc) is 3.40. The first kappa shape index (κ1) is 38.8. The summed E-state index contributed by atoms with van der Waals surface area (Å²) in [5.41, 5.74) is 1.74. The maximum Gasteiger partial charge on any atom is 0.416 e. The Hall–Kier alpha value is -3.47. The molecule has 51 heavy (non-hydrogen) atoms. The van der Waals surface area contributed by atoms with Crippen molar-refractivity contribution in [3.63, 3.8) is 0 Å². The maximum absolute atomic E-state index is 12.9. The van der Waals surface area contributed by atoms with Gasteiger partial charge in [-0.05, 0) is 116 Å². The smallest absolute Gasteiger partial charge is 0.416 e. The molecule has 5 rings (SSSR count). The van der Waals surface area contributed by atoms with Gasteiger partial charge in [0.05, 0.1) is 17.8 Å². The van der Waals surface area contributed by atoms with Crippen molar-refractivity contribution in [1.29, 1.82) is 0 Å². The van der Waals surface area contributed by atoms with Gasteiger partial charge in [-0.15, -0.1) is 0 Å². The summed E-state index contributed by atoms with van der Waals surface area (Å²) in [7, 11) is 0. The number of ether oxygens (including phenoxy) is 2. The second-order valence-corrected chi connectivity index (χ2v) is 14.6. The van der Waals surface area contributed by atoms with Gasteiger partial charge in [-0.1, -0.05) is 43.4 Å². The molecule has 3 aliphatic carbocycles. The van der Waals surface area contributed by atoms with Crippen LogP contribution in [0.5, 0.6) is 11.5 Å². The summed E-state index contributed by atoms with van der Waals surface area (Å²) in [6.07, 6.45) is 8.26. The lowest BCUT2D eigenvalue weighted by Crippen LogP contribution is -2.26. The third-order valence-corrected chi connectivity index (χ3v) is 11.0. The van der Waals surface area contributed by atoms with Crippen molar-refractivity contribution in [3.05, 3.63) is 83.5 Å². The minimum atomic E-state index is -4.50. The molecule has 2 aromatic rings. The number of hydrogen-bond donors (Lipinski definition) is 3. The summed E-state index contributed by atoms with van der Waals surface area (Å²) in [4.78, 5) is 24.8. The number of Topliss-reactive ketones (excluding diaryl/α,β-unsaturated/α-hetero) is 1. The lowest BCUT2D eigenvalue weighted by atomic mass is 9.68. The summed E-state index contributed by atoms with van der Waals surface area (Å²) in [6.45, 7) is 2.01. The van der Waals surface area contributed by atoms with Crippen LogP contribution in [0.4, 0.5) is 13.2 Å². The van der Waals surface area contributed by atoms with Crippen LogP contribution < -0.4 is 9.47 Å². The van der Waals surface area contributed by atoms with Crippen molar-refractivity contribution in [1.82, 2.24) is 0 Å². The van der Waals surface area contributed by atoms with Crippen molar-refractivity contribution >= 4 is 11.8 Å². The highest BCUT2D eigenvalue weighted by Crippen LogP contribution is 2.46. The predicted molar refractivity (Wildman–Crippen MR) is 187 cm³/mol. The van der Waals surface area contributed by atoms with E-state index in [9.17, 15) is 38.1 Å². The number of benzene rings is 2. The number of unbranched alkanes of at least 4 members (excludes halogenated alkanes) is 1. The first-order valence-electron chi connectivity index (χ1n) is 18.4. The van der Waals surface area contributed by atoms with E-state index in [0.717, 1.165) is 44.2 Å². The van der Waals surface area contributed by atoms with Gasteiger partial charge in [0.15, 0.2) is 0 Å². The van der Waals surface area contributed by atoms with E-state index in [1.165, 1.54) is 29.3 Å². The van der Waals surface area contributed by atoms with Gasteiger partial charge < -0.3 is 24.8 Å². The molecule has 0 saturated heterocycles. The lowest BCUT2D eigenvalue weighted by molar-refractivity contribution is -0.137. The van der Waals surface area contributed by atoms with Crippen LogP contribution in [0, 0.1) is 23.7 Å². The third kappa shape index (κ3) is 10.8. The molecule has 10 heteroatoms. The summed E-state index contributed by atoms with van der Waals surface area (Å²) in [6, 6.07) is 10.5. The van der Waals surface area contributed by atoms with E-state index < -0.39 is 36.0 Å². The van der Waals surface area contributed by atoms with Crippen LogP contribution in [0.1, 0.15) is 100 Å². The van der Waals surface area contributed by atoms with Gasteiger partial charge in [0, 0.05) is 31.6 Å². The number of rotatable bonds is 12. The van der Waals surface area contributed by atoms with Crippen LogP contribution in [-0.2, 0) is 22.2 Å². The first-order chi connectivity index (χ1) is 24.4. The van der Waals surface area contributed by atoms with Crippen molar-refractivity contribution in [2.75, 3.05) is 6.61 Å². The van der Waals surface area contributed by atoms with Crippen molar-refractivity contribution in [2.45, 2.75) is 114 Å². The minimum absolute atomic E-state index is 0.0163. The Labute approximate surface area is 298 Å². The molecule has 2 saturated carbocycles. The molecule has 2 aromatic carbocycles. The Morgan fingerprint density at radius 3 is 2.63 bits per heavy atom. The number of allylic oxidation sites excluding steroid dienone is 2. The quantitative estimate of drug-likeness (QED) is 0.0888. The van der Waals surface area contributed by atoms with Gasteiger partial charge in [-0.25, -0.2) is 0 Å². The largest absolute Gasteiger partial charge is 0.491 e. The van der Waals surface area contributed by atoms with E-state index in [0.29, 0.717) is 61.4 Å². The minimum Gasteiger partial charge on any atom is -0.491 e. The molecule has 0 bridgehead atoms. The van der Waals surface area contributed by atoms with E-state index in [1.807, 2.05) is 24.3 Å². The fourth-order valence-electron chi connectivity index (χ4n) is 8.16. The first-order valence-corrected chi connectivity index (χ1v) is 18.4. The zero-order chi connectivity index (χ0) is 36.5.